The van der Waals surface area contributed by atoms with Crippen LogP contribution < -0.4 is 113 Å². The van der Waals surface area contributed by atoms with Crippen molar-refractivity contribution in [2.24, 2.45) is 17.8 Å². The van der Waals surface area contributed by atoms with E-state index in [1.165, 1.54) is 6.92 Å². The van der Waals surface area contributed by atoms with Gasteiger partial charge in [-0.15, -0.1) is 0 Å². The average molecular weight is 306 g/mol. The Morgan fingerprint density at radius 1 is 1.06 bits per heavy atom. The van der Waals surface area contributed by atoms with Crippen molar-refractivity contribution in [1.29, 1.82) is 0 Å². The van der Waals surface area contributed by atoms with E-state index in [1.54, 1.807) is 0 Å². The fourth-order valence-electron chi connectivity index (χ4n) is 1.92. The Kier molecular flexibility index (Phi) is 19.8. The summed E-state index contributed by atoms with van der Waals surface area (Å²) in [5, 5.41) is 21.6. The molecule has 0 N–H and O–H groups in total. The van der Waals surface area contributed by atoms with Gasteiger partial charge in [0.15, 0.2) is 0 Å². The molecule has 0 bridgehead atoms. The Balaban J connectivity index is -0.00000112. The first-order chi connectivity index (χ1) is 7.43. The number of carboxylic acids is 2. The van der Waals surface area contributed by atoms with Crippen molar-refractivity contribution < 1.29 is 123 Å². The first kappa shape index (κ1) is 25.2. The van der Waals surface area contributed by atoms with Gasteiger partial charge in [-0.05, 0) is 12.3 Å². The van der Waals surface area contributed by atoms with E-state index in [2.05, 4.69) is 0 Å². The Hall–Kier alpha value is 2.21. The molecule has 0 rings (SSSR count). The predicted octanol–water partition coefficient (Wildman–Crippen LogP) is -6.04. The molecule has 94 valence electrons. The predicted molar refractivity (Wildman–Crippen MR) is 56.0 cm³/mol. The summed E-state index contributed by atoms with van der Waals surface area (Å²) >= 11 is 0. The second-order valence-electron chi connectivity index (χ2n) is 4.33. The molecule has 0 radical (unpaired) electrons. The number of hydrogen-bond acceptors (Lipinski definition) is 4. The summed E-state index contributed by atoms with van der Waals surface area (Å²) < 4.78 is 0. The summed E-state index contributed by atoms with van der Waals surface area (Å²) in [4.78, 5) is 21.6. The Morgan fingerprint density at radius 3 is 1.83 bits per heavy atom. The maximum atomic E-state index is 10.9. The van der Waals surface area contributed by atoms with Gasteiger partial charge in [0.25, 0.3) is 0 Å². The molecular formula is C12H20K2O4. The summed E-state index contributed by atoms with van der Waals surface area (Å²) in [6.07, 6.45) is 3.11. The summed E-state index contributed by atoms with van der Waals surface area (Å²) in [5.41, 5.74) is 0. The van der Waals surface area contributed by atoms with E-state index in [9.17, 15) is 19.8 Å². The third-order valence-corrected chi connectivity index (χ3v) is 3.14. The fourth-order valence-corrected chi connectivity index (χ4v) is 1.92. The zero-order valence-corrected chi connectivity index (χ0v) is 18.4. The van der Waals surface area contributed by atoms with E-state index >= 15 is 0 Å². The number of aliphatic carboxylic acids is 2. The molecule has 0 aliphatic carbocycles. The van der Waals surface area contributed by atoms with E-state index < -0.39 is 23.8 Å². The van der Waals surface area contributed by atoms with Gasteiger partial charge in [-0.25, -0.2) is 0 Å². The van der Waals surface area contributed by atoms with Gasteiger partial charge < -0.3 is 19.8 Å². The molecule has 0 aliphatic heterocycles. The van der Waals surface area contributed by atoms with E-state index in [1.807, 2.05) is 13.8 Å². The van der Waals surface area contributed by atoms with Gasteiger partial charge in [0.2, 0.25) is 0 Å². The largest absolute Gasteiger partial charge is 1.00 e. The zero-order chi connectivity index (χ0) is 12.7. The minimum atomic E-state index is -1.32. The van der Waals surface area contributed by atoms with Crippen LogP contribution in [0.4, 0.5) is 0 Å². The van der Waals surface area contributed by atoms with Crippen LogP contribution in [-0.2, 0) is 9.59 Å². The molecule has 3 atom stereocenters. The van der Waals surface area contributed by atoms with Gasteiger partial charge in [0.05, 0.1) is 0 Å². The van der Waals surface area contributed by atoms with Crippen LogP contribution in [0.3, 0.4) is 0 Å². The van der Waals surface area contributed by atoms with Crippen LogP contribution in [0, 0.1) is 17.8 Å². The Bertz CT molecular complexity index is 246. The van der Waals surface area contributed by atoms with Crippen LogP contribution >= 0.6 is 0 Å². The van der Waals surface area contributed by atoms with Crippen LogP contribution in [0.5, 0.6) is 0 Å². The van der Waals surface area contributed by atoms with Crippen molar-refractivity contribution in [3.8, 4) is 0 Å². The smallest absolute Gasteiger partial charge is 0.550 e. The molecule has 0 aromatic carbocycles. The van der Waals surface area contributed by atoms with Gasteiger partial charge >= 0.3 is 103 Å². The standard InChI is InChI=1S/C12H22O4.2K/c1-4-6-9(5-2)7-10(12(15)16)8(3)11(13)14;;/h8-10H,4-7H2,1-3H3,(H,13,14)(H,15,16);;/q;2*+1/p-2. The number of carbonyl (C=O) groups is 2. The molecule has 0 fully saturated rings. The Morgan fingerprint density at radius 2 is 1.56 bits per heavy atom. The molecule has 0 aliphatic rings. The first-order valence-electron chi connectivity index (χ1n) is 5.85. The molecule has 0 spiro atoms. The molecule has 0 heterocycles. The molecular weight excluding hydrogens is 286 g/mol. The molecule has 0 aromatic rings. The van der Waals surface area contributed by atoms with E-state index in [-0.39, 0.29) is 109 Å². The second-order valence-corrected chi connectivity index (χ2v) is 4.33. The monoisotopic (exact) mass is 306 g/mol. The van der Waals surface area contributed by atoms with Crippen LogP contribution in [0.1, 0.15) is 46.5 Å². The normalized spacial score (nSPS) is 14.6. The second kappa shape index (κ2) is 14.2. The van der Waals surface area contributed by atoms with E-state index in [4.69, 9.17) is 0 Å². The van der Waals surface area contributed by atoms with Gasteiger partial charge in [-0.3, -0.25) is 0 Å². The number of carboxylic acid groups (broad SMARTS) is 2. The van der Waals surface area contributed by atoms with Gasteiger partial charge in [0.1, 0.15) is 0 Å². The maximum Gasteiger partial charge on any atom is 1.00 e. The molecule has 0 saturated heterocycles. The van der Waals surface area contributed by atoms with Crippen LogP contribution in [-0.4, -0.2) is 11.9 Å². The average Bonchev–Trinajstić information content (AvgIpc) is 2.22. The van der Waals surface area contributed by atoms with Crippen molar-refractivity contribution in [1.82, 2.24) is 0 Å². The van der Waals surface area contributed by atoms with Crippen molar-refractivity contribution in [3.05, 3.63) is 0 Å². The quantitative estimate of drug-likeness (QED) is 0.418. The summed E-state index contributed by atoms with van der Waals surface area (Å²) in [6, 6.07) is 0. The fraction of sp³-hybridized carbons (Fsp3) is 0.833. The molecule has 6 heteroatoms. The third-order valence-electron chi connectivity index (χ3n) is 3.14. The number of rotatable bonds is 8. The SMILES string of the molecule is CCCC(CC)CC(C(=O)[O-])C(C)C(=O)[O-].[K+].[K+]. The first-order valence-corrected chi connectivity index (χ1v) is 5.85. The van der Waals surface area contributed by atoms with Crippen molar-refractivity contribution in [3.63, 3.8) is 0 Å². The van der Waals surface area contributed by atoms with Crippen LogP contribution in [0.2, 0.25) is 0 Å². The Labute approximate surface area is 195 Å². The minimum Gasteiger partial charge on any atom is -0.550 e. The van der Waals surface area contributed by atoms with Crippen molar-refractivity contribution >= 4 is 11.9 Å². The van der Waals surface area contributed by atoms with Crippen molar-refractivity contribution in [2.45, 2.75) is 46.5 Å². The van der Waals surface area contributed by atoms with Crippen LogP contribution in [0.25, 0.3) is 0 Å². The van der Waals surface area contributed by atoms with Gasteiger partial charge in [0, 0.05) is 23.8 Å². The van der Waals surface area contributed by atoms with Gasteiger partial charge in [-0.1, -0.05) is 40.0 Å². The van der Waals surface area contributed by atoms with E-state index in [0.29, 0.717) is 6.42 Å². The summed E-state index contributed by atoms with van der Waals surface area (Å²) in [5.74, 6) is -4.29. The summed E-state index contributed by atoms with van der Waals surface area (Å²) in [6.45, 7) is 5.38. The summed E-state index contributed by atoms with van der Waals surface area (Å²) in [7, 11) is 0. The minimum absolute atomic E-state index is 0. The molecule has 0 aromatic heterocycles. The number of carbonyl (C=O) groups excluding carboxylic acids is 2. The molecule has 0 saturated carbocycles. The third kappa shape index (κ3) is 10.0. The van der Waals surface area contributed by atoms with Crippen molar-refractivity contribution in [2.75, 3.05) is 0 Å². The van der Waals surface area contributed by atoms with Gasteiger partial charge in [-0.2, -0.15) is 0 Å². The molecule has 3 unspecified atom stereocenters. The van der Waals surface area contributed by atoms with Crippen LogP contribution in [0.15, 0.2) is 0 Å². The van der Waals surface area contributed by atoms with E-state index in [0.717, 1.165) is 19.3 Å². The zero-order valence-electron chi connectivity index (χ0n) is 12.2. The molecule has 18 heavy (non-hydrogen) atoms. The maximum absolute atomic E-state index is 10.9. The number of hydrogen-bond donors (Lipinski definition) is 0. The topological polar surface area (TPSA) is 80.3 Å². The molecule has 4 nitrogen and oxygen atoms in total. The molecule has 0 amide bonds.